The van der Waals surface area contributed by atoms with Crippen LogP contribution in [-0.4, -0.2) is 133 Å². The number of ether oxygens (including phenoxy) is 2. The molecule has 5 aliphatic heterocycles. The van der Waals surface area contributed by atoms with Gasteiger partial charge < -0.3 is 34.0 Å². The summed E-state index contributed by atoms with van der Waals surface area (Å²) in [7, 11) is 2.20. The molecule has 1 saturated carbocycles. The smallest absolute Gasteiger partial charge is 0.410 e. The van der Waals surface area contributed by atoms with Crippen molar-refractivity contribution in [3.05, 3.63) is 0 Å². The summed E-state index contributed by atoms with van der Waals surface area (Å²) in [5.41, 5.74) is -0.375. The minimum Gasteiger partial charge on any atom is -0.450 e. The van der Waals surface area contributed by atoms with Gasteiger partial charge in [0.2, 0.25) is 11.8 Å². The molecule has 3 atom stereocenters. The molecule has 0 aromatic rings. The zero-order chi connectivity index (χ0) is 46.0. The van der Waals surface area contributed by atoms with E-state index in [9.17, 15) is 19.2 Å². The fraction of sp³-hybridized carbons (Fsp3) is 0.925. The summed E-state index contributed by atoms with van der Waals surface area (Å²) in [5, 5.41) is 0. The topological polar surface area (TPSA) is 103 Å². The molecule has 0 radical (unpaired) electrons. The molecule has 5 saturated heterocycles. The number of amides is 4. The van der Waals surface area contributed by atoms with Crippen molar-refractivity contribution in [2.75, 3.05) is 72.6 Å². The van der Waals surface area contributed by atoms with Gasteiger partial charge in [-0.05, 0) is 148 Å². The van der Waals surface area contributed by atoms with E-state index in [-0.39, 0.29) is 51.9 Å². The number of rotatable bonds is 1. The zero-order valence-corrected chi connectivity index (χ0v) is 42.0. The van der Waals surface area contributed by atoms with Gasteiger partial charge in [-0.3, -0.25) is 9.59 Å². The maximum Gasteiger partial charge on any atom is 0.410 e. The van der Waals surface area contributed by atoms with E-state index in [0.717, 1.165) is 95.2 Å². The van der Waals surface area contributed by atoms with Gasteiger partial charge in [0.05, 0.1) is 6.61 Å². The first-order valence-corrected chi connectivity index (χ1v) is 24.8. The lowest BCUT2D eigenvalue weighted by Crippen LogP contribution is -2.41. The molecule has 0 N–H and O–H groups in total. The first-order chi connectivity index (χ1) is 28.7. The number of hydrogen-bond donors (Lipinski definition) is 0. The molecule has 64 heavy (non-hydrogen) atoms. The monoisotopic (exact) mass is 912 g/mol. The van der Waals surface area contributed by atoms with Gasteiger partial charge in [0.15, 0.2) is 0 Å². The summed E-state index contributed by atoms with van der Waals surface area (Å²) in [6, 6.07) is 0.478. The Bertz CT molecular complexity index is 1180. The lowest BCUT2D eigenvalue weighted by Gasteiger charge is -2.32. The van der Waals surface area contributed by atoms with Crippen molar-refractivity contribution in [1.29, 1.82) is 0 Å². The third-order valence-corrected chi connectivity index (χ3v) is 12.8. The molecule has 4 amide bonds. The Labute approximate surface area is 397 Å². The third-order valence-electron chi connectivity index (χ3n) is 12.8. The number of carbonyl (C=O) groups excluding carboxylic acids is 4. The van der Waals surface area contributed by atoms with E-state index in [1.165, 1.54) is 90.1 Å². The third kappa shape index (κ3) is 31.4. The van der Waals surface area contributed by atoms with Crippen LogP contribution >= 0.6 is 0 Å². The van der Waals surface area contributed by atoms with Crippen molar-refractivity contribution in [1.82, 2.24) is 24.5 Å². The summed E-state index contributed by atoms with van der Waals surface area (Å²) >= 11 is 0. The van der Waals surface area contributed by atoms with E-state index >= 15 is 0 Å². The van der Waals surface area contributed by atoms with Gasteiger partial charge in [0.1, 0.15) is 5.60 Å². The van der Waals surface area contributed by atoms with Crippen molar-refractivity contribution in [3.8, 4) is 0 Å². The Hall–Kier alpha value is -2.56. The van der Waals surface area contributed by atoms with Crippen LogP contribution in [0, 0.1) is 29.6 Å². The van der Waals surface area contributed by atoms with Crippen LogP contribution in [-0.2, 0) is 19.1 Å². The number of piperidine rings is 5. The average Bonchev–Trinajstić information content (AvgIpc) is 3.19. The van der Waals surface area contributed by atoms with Crippen LogP contribution in [0.25, 0.3) is 0 Å². The van der Waals surface area contributed by atoms with E-state index in [4.69, 9.17) is 9.47 Å². The van der Waals surface area contributed by atoms with Gasteiger partial charge in [-0.15, -0.1) is 0 Å². The molecule has 0 aromatic carbocycles. The largest absolute Gasteiger partial charge is 0.450 e. The summed E-state index contributed by atoms with van der Waals surface area (Å²) in [4.78, 5) is 54.6. The Morgan fingerprint density at radius 2 is 0.922 bits per heavy atom. The van der Waals surface area contributed by atoms with Crippen LogP contribution < -0.4 is 0 Å². The van der Waals surface area contributed by atoms with Gasteiger partial charge in [-0.2, -0.15) is 0 Å². The van der Waals surface area contributed by atoms with Crippen molar-refractivity contribution >= 4 is 24.0 Å². The zero-order valence-electron chi connectivity index (χ0n) is 42.0. The molecule has 5 heterocycles. The standard InChI is InChI=1S/C11H21NO2.C9H17NO2.2C8H15NO.C7H15N.C7H14.3CH4/c1-9-5-7-12(8-6-9)10(13)14-11(2,3)4;1-3-12-9(11)10-6-4-8(2)5-7-10;1-7-4-3-5-9(6-7)8(2)10;1-7-5-3-4-6-9(7)8(2)10;1-7-4-3-5-8(2)6-7;1-7-5-3-2-4-6-7;;;/h9H,5-8H2,1-4H3;8H,3-7H2,1-2H3;2*7H,3-6H2,1-2H3;7H,3-6H2,1-2H3;7H,2-6H2,1H3;3*1H4. The molecule has 6 rings (SSSR count). The summed E-state index contributed by atoms with van der Waals surface area (Å²) < 4.78 is 10.2. The van der Waals surface area contributed by atoms with Crippen LogP contribution in [0.1, 0.15) is 208 Å². The Kier molecular flexibility index (Phi) is 37.5. The van der Waals surface area contributed by atoms with E-state index in [1.807, 2.05) is 42.4 Å². The van der Waals surface area contributed by atoms with Crippen LogP contribution in [0.2, 0.25) is 0 Å². The molecule has 6 aliphatic rings. The fourth-order valence-corrected chi connectivity index (χ4v) is 8.70. The second-order valence-electron chi connectivity index (χ2n) is 20.5. The number of carbonyl (C=O) groups is 4. The van der Waals surface area contributed by atoms with Crippen LogP contribution in [0.5, 0.6) is 0 Å². The van der Waals surface area contributed by atoms with Crippen molar-refractivity contribution in [2.45, 2.75) is 220 Å². The van der Waals surface area contributed by atoms with Crippen molar-refractivity contribution < 1.29 is 28.7 Å². The summed E-state index contributed by atoms with van der Waals surface area (Å²) in [6.07, 6.45) is 20.5. The predicted molar refractivity (Wildman–Crippen MR) is 273 cm³/mol. The second-order valence-corrected chi connectivity index (χ2v) is 20.5. The van der Waals surface area contributed by atoms with E-state index in [1.54, 1.807) is 18.7 Å². The molecule has 6 fully saturated rings. The van der Waals surface area contributed by atoms with E-state index < -0.39 is 0 Å². The molecule has 0 spiro atoms. The number of nitrogens with zero attached hydrogens (tertiary/aromatic N) is 5. The quantitative estimate of drug-likeness (QED) is 0.258. The predicted octanol–water partition coefficient (Wildman–Crippen LogP) is 13.0. The first kappa shape index (κ1) is 65.7. The van der Waals surface area contributed by atoms with Gasteiger partial charge >= 0.3 is 12.2 Å². The van der Waals surface area contributed by atoms with Crippen molar-refractivity contribution in [2.24, 2.45) is 29.6 Å². The van der Waals surface area contributed by atoms with Gasteiger partial charge in [-0.1, -0.05) is 89.0 Å². The molecule has 11 heteroatoms. The first-order valence-electron chi connectivity index (χ1n) is 24.8. The molecular formula is C53H109N5O6. The van der Waals surface area contributed by atoms with Crippen LogP contribution in [0.4, 0.5) is 9.59 Å². The minimum atomic E-state index is -0.375. The molecule has 11 nitrogen and oxygen atoms in total. The Balaban J connectivity index is -0.000000700. The highest BCUT2D eigenvalue weighted by Gasteiger charge is 2.25. The molecule has 0 aromatic heterocycles. The van der Waals surface area contributed by atoms with Crippen LogP contribution in [0.15, 0.2) is 0 Å². The van der Waals surface area contributed by atoms with Crippen LogP contribution in [0.3, 0.4) is 0 Å². The molecule has 382 valence electrons. The lowest BCUT2D eigenvalue weighted by atomic mass is 9.91. The normalized spacial score (nSPS) is 23.1. The Morgan fingerprint density at radius 3 is 1.25 bits per heavy atom. The Morgan fingerprint density at radius 1 is 0.484 bits per heavy atom. The maximum absolute atomic E-state index is 11.6. The minimum absolute atomic E-state index is 0. The number of hydrogen-bond acceptors (Lipinski definition) is 7. The second kappa shape index (κ2) is 36.5. The summed E-state index contributed by atoms with van der Waals surface area (Å²) in [5.74, 6) is 4.64. The molecule has 1 aliphatic carbocycles. The number of likely N-dealkylation sites (tertiary alicyclic amines) is 5. The molecular weight excluding hydrogens is 803 g/mol. The average molecular weight is 912 g/mol. The maximum atomic E-state index is 11.6. The van der Waals surface area contributed by atoms with Crippen molar-refractivity contribution in [3.63, 3.8) is 0 Å². The SMILES string of the molecule is C.C.C.CC(=O)N1CCCC(C)C1.CC(=O)N1CCCCC1C.CC1CCCCC1.CC1CCCN(C)C1.CC1CCN(C(=O)OC(C)(C)C)CC1.CCOC(=O)N1CCC(C)CC1. The van der Waals surface area contributed by atoms with Gasteiger partial charge in [-0.25, -0.2) is 9.59 Å². The molecule has 0 bridgehead atoms. The fourth-order valence-electron chi connectivity index (χ4n) is 8.70. The van der Waals surface area contributed by atoms with Gasteiger partial charge in [0.25, 0.3) is 0 Å². The highest BCUT2D eigenvalue weighted by atomic mass is 16.6. The lowest BCUT2D eigenvalue weighted by molar-refractivity contribution is -0.132. The highest BCUT2D eigenvalue weighted by molar-refractivity contribution is 5.74. The van der Waals surface area contributed by atoms with E-state index in [0.29, 0.717) is 18.6 Å². The summed E-state index contributed by atoms with van der Waals surface area (Å²) in [6.45, 7) is 33.7. The highest BCUT2D eigenvalue weighted by Crippen LogP contribution is 2.23. The van der Waals surface area contributed by atoms with Gasteiger partial charge in [0, 0.05) is 72.2 Å². The van der Waals surface area contributed by atoms with E-state index in [2.05, 4.69) is 53.5 Å². The molecule has 3 unspecified atom stereocenters.